The molecule has 2 atom stereocenters. The second kappa shape index (κ2) is 6.08. The van der Waals surface area contributed by atoms with Crippen LogP contribution >= 0.6 is 0 Å². The quantitative estimate of drug-likeness (QED) is 0.732. The summed E-state index contributed by atoms with van der Waals surface area (Å²) in [4.78, 5) is 13.8. The van der Waals surface area contributed by atoms with Gasteiger partial charge < -0.3 is 14.7 Å². The zero-order chi connectivity index (χ0) is 11.3. The molecule has 1 amide bonds. The van der Waals surface area contributed by atoms with Gasteiger partial charge in [0, 0.05) is 26.3 Å². The molecule has 1 heterocycles. The molecule has 0 aliphatic carbocycles. The standard InChI is InChI=1S/C11H21NO3/c1-3-12(6-4-7-13)11(14)10-9(2)5-8-15-10/h9-10,13H,3-8H2,1-2H3. The lowest BCUT2D eigenvalue weighted by molar-refractivity contribution is -0.142. The third-order valence-corrected chi connectivity index (χ3v) is 2.91. The molecule has 0 aromatic carbocycles. The van der Waals surface area contributed by atoms with Crippen molar-refractivity contribution in [2.45, 2.75) is 32.8 Å². The summed E-state index contributed by atoms with van der Waals surface area (Å²) in [7, 11) is 0. The van der Waals surface area contributed by atoms with Gasteiger partial charge in [0.15, 0.2) is 0 Å². The zero-order valence-electron chi connectivity index (χ0n) is 9.61. The van der Waals surface area contributed by atoms with Gasteiger partial charge in [-0.25, -0.2) is 0 Å². The largest absolute Gasteiger partial charge is 0.396 e. The van der Waals surface area contributed by atoms with Crippen LogP contribution in [0.4, 0.5) is 0 Å². The van der Waals surface area contributed by atoms with Gasteiger partial charge in [0.2, 0.25) is 0 Å². The first kappa shape index (κ1) is 12.5. The van der Waals surface area contributed by atoms with Gasteiger partial charge in [0.1, 0.15) is 6.10 Å². The van der Waals surface area contributed by atoms with Crippen LogP contribution in [-0.2, 0) is 9.53 Å². The van der Waals surface area contributed by atoms with E-state index in [4.69, 9.17) is 9.84 Å². The molecule has 0 saturated carbocycles. The number of aliphatic hydroxyl groups is 1. The normalized spacial score (nSPS) is 25.5. The number of rotatable bonds is 5. The van der Waals surface area contributed by atoms with Crippen molar-refractivity contribution in [3.8, 4) is 0 Å². The summed E-state index contributed by atoms with van der Waals surface area (Å²) in [6.45, 7) is 6.13. The molecule has 0 aromatic rings. The van der Waals surface area contributed by atoms with Gasteiger partial charge in [0.05, 0.1) is 0 Å². The molecule has 1 fully saturated rings. The van der Waals surface area contributed by atoms with Crippen molar-refractivity contribution in [1.82, 2.24) is 4.90 Å². The van der Waals surface area contributed by atoms with Crippen molar-refractivity contribution in [3.63, 3.8) is 0 Å². The van der Waals surface area contributed by atoms with E-state index >= 15 is 0 Å². The number of likely N-dealkylation sites (N-methyl/N-ethyl adjacent to an activating group) is 1. The molecular weight excluding hydrogens is 194 g/mol. The fourth-order valence-corrected chi connectivity index (χ4v) is 1.88. The first-order valence-electron chi connectivity index (χ1n) is 5.72. The van der Waals surface area contributed by atoms with E-state index in [0.717, 1.165) is 6.42 Å². The Bertz CT molecular complexity index is 208. The van der Waals surface area contributed by atoms with Gasteiger partial charge in [-0.1, -0.05) is 6.92 Å². The number of amides is 1. The first-order valence-corrected chi connectivity index (χ1v) is 5.72. The highest BCUT2D eigenvalue weighted by atomic mass is 16.5. The lowest BCUT2D eigenvalue weighted by Crippen LogP contribution is -2.41. The summed E-state index contributed by atoms with van der Waals surface area (Å²) < 4.78 is 5.44. The molecule has 15 heavy (non-hydrogen) atoms. The Morgan fingerprint density at radius 1 is 1.60 bits per heavy atom. The molecule has 2 unspecified atom stereocenters. The van der Waals surface area contributed by atoms with Crippen LogP contribution in [0.5, 0.6) is 0 Å². The minimum atomic E-state index is -0.261. The van der Waals surface area contributed by atoms with E-state index in [1.165, 1.54) is 0 Å². The highest BCUT2D eigenvalue weighted by molar-refractivity contribution is 5.81. The monoisotopic (exact) mass is 215 g/mol. The number of ether oxygens (including phenoxy) is 1. The molecule has 0 aromatic heterocycles. The van der Waals surface area contributed by atoms with Crippen LogP contribution in [0.25, 0.3) is 0 Å². The maximum absolute atomic E-state index is 12.0. The number of nitrogens with zero attached hydrogens (tertiary/aromatic N) is 1. The molecule has 1 saturated heterocycles. The Kier molecular flexibility index (Phi) is 5.05. The van der Waals surface area contributed by atoms with Crippen LogP contribution in [0.15, 0.2) is 0 Å². The first-order chi connectivity index (χ1) is 7.20. The molecular formula is C11H21NO3. The molecule has 0 bridgehead atoms. The molecule has 0 radical (unpaired) electrons. The summed E-state index contributed by atoms with van der Waals surface area (Å²) in [5.41, 5.74) is 0. The summed E-state index contributed by atoms with van der Waals surface area (Å²) in [5, 5.41) is 8.74. The Hall–Kier alpha value is -0.610. The number of carbonyl (C=O) groups excluding carboxylic acids is 1. The van der Waals surface area contributed by atoms with Gasteiger partial charge in [-0.15, -0.1) is 0 Å². The van der Waals surface area contributed by atoms with Gasteiger partial charge in [-0.05, 0) is 25.7 Å². The van der Waals surface area contributed by atoms with Gasteiger partial charge in [-0.3, -0.25) is 4.79 Å². The molecule has 1 N–H and O–H groups in total. The van der Waals surface area contributed by atoms with E-state index in [2.05, 4.69) is 6.92 Å². The van der Waals surface area contributed by atoms with Crippen LogP contribution in [0, 0.1) is 5.92 Å². The maximum atomic E-state index is 12.0. The van der Waals surface area contributed by atoms with E-state index in [-0.39, 0.29) is 18.6 Å². The van der Waals surface area contributed by atoms with Crippen molar-refractivity contribution in [2.75, 3.05) is 26.3 Å². The lowest BCUT2D eigenvalue weighted by Gasteiger charge is -2.25. The van der Waals surface area contributed by atoms with Gasteiger partial charge in [-0.2, -0.15) is 0 Å². The lowest BCUT2D eigenvalue weighted by atomic mass is 10.0. The van der Waals surface area contributed by atoms with Crippen LogP contribution in [-0.4, -0.2) is 48.3 Å². The van der Waals surface area contributed by atoms with Crippen molar-refractivity contribution in [1.29, 1.82) is 0 Å². The van der Waals surface area contributed by atoms with Gasteiger partial charge in [0.25, 0.3) is 5.91 Å². The smallest absolute Gasteiger partial charge is 0.251 e. The van der Waals surface area contributed by atoms with E-state index in [1.807, 2.05) is 6.92 Å². The van der Waals surface area contributed by atoms with Crippen molar-refractivity contribution >= 4 is 5.91 Å². The topological polar surface area (TPSA) is 49.8 Å². The third-order valence-electron chi connectivity index (χ3n) is 2.91. The molecule has 1 aliphatic rings. The Balaban J connectivity index is 2.48. The minimum Gasteiger partial charge on any atom is -0.396 e. The number of hydrogen-bond donors (Lipinski definition) is 1. The second-order valence-electron chi connectivity index (χ2n) is 4.05. The molecule has 0 spiro atoms. The minimum absolute atomic E-state index is 0.0796. The number of aliphatic hydroxyl groups excluding tert-OH is 1. The average Bonchev–Trinajstić information content (AvgIpc) is 2.65. The van der Waals surface area contributed by atoms with Crippen LogP contribution in [0.2, 0.25) is 0 Å². The second-order valence-corrected chi connectivity index (χ2v) is 4.05. The Labute approximate surface area is 91.2 Å². The molecule has 4 nitrogen and oxygen atoms in total. The maximum Gasteiger partial charge on any atom is 0.251 e. The highest BCUT2D eigenvalue weighted by Crippen LogP contribution is 2.21. The van der Waals surface area contributed by atoms with E-state index in [9.17, 15) is 4.79 Å². The van der Waals surface area contributed by atoms with Crippen LogP contribution in [0.3, 0.4) is 0 Å². The number of carbonyl (C=O) groups is 1. The third kappa shape index (κ3) is 3.18. The van der Waals surface area contributed by atoms with E-state index in [1.54, 1.807) is 4.90 Å². The SMILES string of the molecule is CCN(CCCO)C(=O)C1OCCC1C. The Morgan fingerprint density at radius 2 is 2.33 bits per heavy atom. The Morgan fingerprint density at radius 3 is 2.80 bits per heavy atom. The fraction of sp³-hybridized carbons (Fsp3) is 0.909. The van der Waals surface area contributed by atoms with E-state index < -0.39 is 0 Å². The molecule has 1 rings (SSSR count). The predicted molar refractivity (Wildman–Crippen MR) is 57.5 cm³/mol. The fourth-order valence-electron chi connectivity index (χ4n) is 1.88. The highest BCUT2D eigenvalue weighted by Gasteiger charge is 2.33. The zero-order valence-corrected chi connectivity index (χ0v) is 9.61. The number of hydrogen-bond acceptors (Lipinski definition) is 3. The molecule has 1 aliphatic heterocycles. The predicted octanol–water partition coefficient (Wildman–Crippen LogP) is 0.642. The van der Waals surface area contributed by atoms with Crippen molar-refractivity contribution in [2.24, 2.45) is 5.92 Å². The molecule has 88 valence electrons. The van der Waals surface area contributed by atoms with Crippen LogP contribution in [0.1, 0.15) is 26.7 Å². The van der Waals surface area contributed by atoms with Gasteiger partial charge >= 0.3 is 0 Å². The molecule has 4 heteroatoms. The van der Waals surface area contributed by atoms with Crippen molar-refractivity contribution < 1.29 is 14.6 Å². The van der Waals surface area contributed by atoms with Crippen LogP contribution < -0.4 is 0 Å². The summed E-state index contributed by atoms with van der Waals surface area (Å²) in [5.74, 6) is 0.400. The van der Waals surface area contributed by atoms with E-state index in [0.29, 0.717) is 32.0 Å². The summed E-state index contributed by atoms with van der Waals surface area (Å²) >= 11 is 0. The average molecular weight is 215 g/mol. The summed E-state index contributed by atoms with van der Waals surface area (Å²) in [6.07, 6.45) is 1.35. The van der Waals surface area contributed by atoms with Crippen molar-refractivity contribution in [3.05, 3.63) is 0 Å². The summed E-state index contributed by atoms with van der Waals surface area (Å²) in [6, 6.07) is 0.